The van der Waals surface area contributed by atoms with Gasteiger partial charge in [-0.2, -0.15) is 0 Å². The van der Waals surface area contributed by atoms with E-state index in [9.17, 15) is 9.18 Å². The van der Waals surface area contributed by atoms with E-state index in [1.807, 2.05) is 43.5 Å². The molecule has 0 spiro atoms. The van der Waals surface area contributed by atoms with E-state index in [0.29, 0.717) is 6.54 Å². The summed E-state index contributed by atoms with van der Waals surface area (Å²) in [5.74, 6) is -0.275. The SMILES string of the molecule is CC(C)(C)OC(=O)N[C@@H]1CN(Cc2ccccc2)C[C@H]1n1ccc(F)c1. The van der Waals surface area contributed by atoms with Gasteiger partial charge in [0.05, 0.1) is 12.1 Å². The molecule has 6 heteroatoms. The van der Waals surface area contributed by atoms with Crippen LogP contribution in [0.5, 0.6) is 0 Å². The third-order valence-corrected chi connectivity index (χ3v) is 4.38. The maximum atomic E-state index is 13.5. The predicted molar refractivity (Wildman–Crippen MR) is 98.3 cm³/mol. The Morgan fingerprint density at radius 3 is 2.58 bits per heavy atom. The van der Waals surface area contributed by atoms with Crippen LogP contribution in [0.25, 0.3) is 0 Å². The monoisotopic (exact) mass is 359 g/mol. The number of nitrogens with zero attached hydrogens (tertiary/aromatic N) is 2. The molecule has 140 valence electrons. The lowest BCUT2D eigenvalue weighted by Gasteiger charge is -2.24. The first kappa shape index (κ1) is 18.5. The Labute approximate surface area is 153 Å². The van der Waals surface area contributed by atoms with Gasteiger partial charge in [-0.15, -0.1) is 0 Å². The molecule has 1 aliphatic rings. The molecule has 5 nitrogen and oxygen atoms in total. The number of nitrogens with one attached hydrogen (secondary N) is 1. The number of ether oxygens (including phenoxy) is 1. The van der Waals surface area contributed by atoms with Crippen molar-refractivity contribution >= 4 is 6.09 Å². The quantitative estimate of drug-likeness (QED) is 0.908. The van der Waals surface area contributed by atoms with Crippen LogP contribution in [0.1, 0.15) is 32.4 Å². The molecule has 0 saturated carbocycles. The topological polar surface area (TPSA) is 46.5 Å². The molecule has 0 bridgehead atoms. The second kappa shape index (κ2) is 7.50. The van der Waals surface area contributed by atoms with Crippen LogP contribution in [0.4, 0.5) is 9.18 Å². The average molecular weight is 359 g/mol. The molecule has 1 aromatic carbocycles. The smallest absolute Gasteiger partial charge is 0.407 e. The van der Waals surface area contributed by atoms with Crippen LogP contribution in [0, 0.1) is 5.82 Å². The highest BCUT2D eigenvalue weighted by molar-refractivity contribution is 5.68. The van der Waals surface area contributed by atoms with E-state index in [0.717, 1.165) is 13.1 Å². The largest absolute Gasteiger partial charge is 0.444 e. The van der Waals surface area contributed by atoms with E-state index in [1.54, 1.807) is 6.20 Å². The summed E-state index contributed by atoms with van der Waals surface area (Å²) >= 11 is 0. The molecular formula is C20H26FN3O2. The van der Waals surface area contributed by atoms with Crippen molar-refractivity contribution < 1.29 is 13.9 Å². The fourth-order valence-electron chi connectivity index (χ4n) is 3.33. The Morgan fingerprint density at radius 2 is 1.96 bits per heavy atom. The van der Waals surface area contributed by atoms with Gasteiger partial charge in [-0.1, -0.05) is 30.3 Å². The number of benzene rings is 1. The molecular weight excluding hydrogens is 333 g/mol. The van der Waals surface area contributed by atoms with Crippen LogP contribution in [0.3, 0.4) is 0 Å². The van der Waals surface area contributed by atoms with E-state index in [1.165, 1.54) is 17.8 Å². The molecule has 3 rings (SSSR count). The predicted octanol–water partition coefficient (Wildman–Crippen LogP) is 3.58. The maximum absolute atomic E-state index is 13.5. The second-order valence-electron chi connectivity index (χ2n) is 7.78. The Balaban J connectivity index is 1.72. The van der Waals surface area contributed by atoms with Gasteiger partial charge in [0.2, 0.25) is 0 Å². The Hall–Kier alpha value is -2.34. The van der Waals surface area contributed by atoms with Crippen molar-refractivity contribution in [2.24, 2.45) is 0 Å². The lowest BCUT2D eigenvalue weighted by atomic mass is 10.1. The molecule has 2 aromatic rings. The van der Waals surface area contributed by atoms with Gasteiger partial charge in [0, 0.05) is 32.0 Å². The average Bonchev–Trinajstić information content (AvgIpc) is 3.12. The normalized spacial score (nSPS) is 20.9. The molecule has 1 aliphatic heterocycles. The zero-order valence-corrected chi connectivity index (χ0v) is 15.5. The number of carbonyl (C=O) groups is 1. The Bertz CT molecular complexity index is 739. The molecule has 2 atom stereocenters. The van der Waals surface area contributed by atoms with Gasteiger partial charge in [-0.3, -0.25) is 4.90 Å². The number of carbonyl (C=O) groups excluding carboxylic acids is 1. The first-order valence-corrected chi connectivity index (χ1v) is 8.89. The minimum absolute atomic E-state index is 0.0456. The minimum atomic E-state index is -0.554. The molecule has 1 N–H and O–H groups in total. The first-order valence-electron chi connectivity index (χ1n) is 8.89. The van der Waals surface area contributed by atoms with E-state index in [2.05, 4.69) is 22.3 Å². The van der Waals surface area contributed by atoms with Gasteiger partial charge in [0.15, 0.2) is 0 Å². The summed E-state index contributed by atoms with van der Waals surface area (Å²) in [5, 5.41) is 2.96. The van der Waals surface area contributed by atoms with Crippen molar-refractivity contribution in [3.8, 4) is 0 Å². The lowest BCUT2D eigenvalue weighted by molar-refractivity contribution is 0.0497. The van der Waals surface area contributed by atoms with Gasteiger partial charge in [-0.05, 0) is 32.4 Å². The van der Waals surface area contributed by atoms with Crippen molar-refractivity contribution in [1.82, 2.24) is 14.8 Å². The van der Waals surface area contributed by atoms with Crippen molar-refractivity contribution in [3.05, 3.63) is 60.2 Å². The summed E-state index contributed by atoms with van der Waals surface area (Å²) in [6, 6.07) is 11.4. The fourth-order valence-corrected chi connectivity index (χ4v) is 3.33. The molecule has 0 radical (unpaired) electrons. The summed E-state index contributed by atoms with van der Waals surface area (Å²) in [4.78, 5) is 14.5. The number of alkyl carbamates (subject to hydrolysis) is 1. The molecule has 1 saturated heterocycles. The lowest BCUT2D eigenvalue weighted by Crippen LogP contribution is -2.43. The standard InChI is InChI=1S/C20H26FN3O2/c1-20(2,3)26-19(25)22-17-13-23(11-15-7-5-4-6-8-15)14-18(17)24-10-9-16(21)12-24/h4-10,12,17-18H,11,13-14H2,1-3H3,(H,22,25)/t17-,18-/m1/s1. The van der Waals surface area contributed by atoms with Gasteiger partial charge < -0.3 is 14.6 Å². The number of halogens is 1. The van der Waals surface area contributed by atoms with Crippen LogP contribution < -0.4 is 5.32 Å². The zero-order valence-electron chi connectivity index (χ0n) is 15.5. The third kappa shape index (κ3) is 4.85. The van der Waals surface area contributed by atoms with Gasteiger partial charge in [0.1, 0.15) is 11.4 Å². The Morgan fingerprint density at radius 1 is 1.23 bits per heavy atom. The summed E-state index contributed by atoms with van der Waals surface area (Å²) in [7, 11) is 0. The van der Waals surface area contributed by atoms with Crippen molar-refractivity contribution in [1.29, 1.82) is 0 Å². The molecule has 0 aliphatic carbocycles. The highest BCUT2D eigenvalue weighted by Gasteiger charge is 2.35. The first-order chi connectivity index (χ1) is 12.3. The van der Waals surface area contributed by atoms with Crippen LogP contribution in [0.15, 0.2) is 48.8 Å². The number of amides is 1. The van der Waals surface area contributed by atoms with E-state index in [4.69, 9.17) is 4.74 Å². The van der Waals surface area contributed by atoms with Crippen molar-refractivity contribution in [3.63, 3.8) is 0 Å². The zero-order chi connectivity index (χ0) is 18.7. The van der Waals surface area contributed by atoms with Gasteiger partial charge in [0.25, 0.3) is 0 Å². The van der Waals surface area contributed by atoms with Crippen LogP contribution in [-0.4, -0.2) is 40.3 Å². The van der Waals surface area contributed by atoms with Crippen LogP contribution >= 0.6 is 0 Å². The highest BCUT2D eigenvalue weighted by atomic mass is 19.1. The fraction of sp³-hybridized carbons (Fsp3) is 0.450. The molecule has 1 fully saturated rings. The molecule has 1 amide bonds. The van der Waals surface area contributed by atoms with Crippen molar-refractivity contribution in [2.45, 2.75) is 45.0 Å². The van der Waals surface area contributed by atoms with E-state index >= 15 is 0 Å². The number of rotatable bonds is 4. The van der Waals surface area contributed by atoms with Crippen LogP contribution in [-0.2, 0) is 11.3 Å². The van der Waals surface area contributed by atoms with Gasteiger partial charge >= 0.3 is 6.09 Å². The number of likely N-dealkylation sites (tertiary alicyclic amines) is 1. The van der Waals surface area contributed by atoms with Gasteiger partial charge in [-0.25, -0.2) is 9.18 Å². The summed E-state index contributed by atoms with van der Waals surface area (Å²) in [6.45, 7) is 7.70. The van der Waals surface area contributed by atoms with E-state index in [-0.39, 0.29) is 17.9 Å². The number of aromatic nitrogens is 1. The summed E-state index contributed by atoms with van der Waals surface area (Å²) in [5.41, 5.74) is 0.657. The summed E-state index contributed by atoms with van der Waals surface area (Å²) < 4.78 is 20.7. The number of hydrogen-bond donors (Lipinski definition) is 1. The molecule has 2 heterocycles. The summed E-state index contributed by atoms with van der Waals surface area (Å²) in [6.07, 6.45) is 2.75. The third-order valence-electron chi connectivity index (χ3n) is 4.38. The van der Waals surface area contributed by atoms with E-state index < -0.39 is 11.7 Å². The minimum Gasteiger partial charge on any atom is -0.444 e. The molecule has 26 heavy (non-hydrogen) atoms. The maximum Gasteiger partial charge on any atom is 0.407 e. The Kier molecular flexibility index (Phi) is 5.32. The second-order valence-corrected chi connectivity index (χ2v) is 7.78. The van der Waals surface area contributed by atoms with Crippen molar-refractivity contribution in [2.75, 3.05) is 13.1 Å². The number of hydrogen-bond acceptors (Lipinski definition) is 3. The van der Waals surface area contributed by atoms with Crippen LogP contribution in [0.2, 0.25) is 0 Å². The highest BCUT2D eigenvalue weighted by Crippen LogP contribution is 2.25. The molecule has 0 unspecified atom stereocenters. The molecule has 1 aromatic heterocycles.